The van der Waals surface area contributed by atoms with Crippen LogP contribution in [0.5, 0.6) is 0 Å². The Morgan fingerprint density at radius 2 is 2.08 bits per heavy atom. The summed E-state index contributed by atoms with van der Waals surface area (Å²) in [5.74, 6) is -0.953. The second-order valence-corrected chi connectivity index (χ2v) is 1.87. The van der Waals surface area contributed by atoms with E-state index in [1.165, 1.54) is 0 Å². The smallest absolute Gasteiger partial charge is 0.298 e. The van der Waals surface area contributed by atoms with Crippen molar-refractivity contribution in [2.24, 2.45) is 0 Å². The number of alkyl halides is 3. The van der Waals surface area contributed by atoms with Gasteiger partial charge >= 0.3 is 12.1 Å². The zero-order valence-electron chi connectivity index (χ0n) is 6.22. The Balaban J connectivity index is 4.01. The maximum atomic E-state index is 11.8. The van der Waals surface area contributed by atoms with Crippen LogP contribution in [0.25, 0.3) is 0 Å². The van der Waals surface area contributed by atoms with Crippen LogP contribution in [0.4, 0.5) is 13.2 Å². The van der Waals surface area contributed by atoms with E-state index in [0.717, 1.165) is 6.92 Å². The van der Waals surface area contributed by atoms with Crippen molar-refractivity contribution in [2.45, 2.75) is 19.2 Å². The lowest BCUT2D eigenvalue weighted by Crippen LogP contribution is -2.30. The highest BCUT2D eigenvalue weighted by molar-refractivity contribution is 5.65. The fourth-order valence-corrected chi connectivity index (χ4v) is 0.347. The van der Waals surface area contributed by atoms with Crippen LogP contribution in [-0.2, 0) is 14.6 Å². The average molecular weight is 184 g/mol. The zero-order valence-corrected chi connectivity index (χ0v) is 6.22. The number of hydrogen-bond donors (Lipinski definition) is 0. The molecule has 0 aromatic rings. The van der Waals surface area contributed by atoms with E-state index in [0.29, 0.717) is 6.08 Å². The van der Waals surface area contributed by atoms with Gasteiger partial charge in [-0.3, -0.25) is 4.89 Å². The molecule has 6 heteroatoms. The Morgan fingerprint density at radius 3 is 2.33 bits per heavy atom. The maximum Gasteiger partial charge on any atom is 0.422 e. The predicted octanol–water partition coefficient (Wildman–Crippen LogP) is 1.60. The highest BCUT2D eigenvalue weighted by atomic mass is 19.4. The van der Waals surface area contributed by atoms with Gasteiger partial charge in [-0.05, 0) is 6.08 Å². The standard InChI is InChI=1S/C6H7F3O3/c1-3-5(6(7,8)9)12-11-4(2)10/h3,5H,1H2,2H3. The Hall–Kier alpha value is -1.04. The molecule has 0 saturated heterocycles. The van der Waals surface area contributed by atoms with Crippen LogP contribution in [0, 0.1) is 0 Å². The second-order valence-electron chi connectivity index (χ2n) is 1.87. The molecule has 1 unspecified atom stereocenters. The summed E-state index contributed by atoms with van der Waals surface area (Å²) in [5.41, 5.74) is 0. The van der Waals surface area contributed by atoms with Crippen LogP contribution in [0.3, 0.4) is 0 Å². The van der Waals surface area contributed by atoms with E-state index in [2.05, 4.69) is 16.4 Å². The SMILES string of the molecule is C=CC(OOC(C)=O)C(F)(F)F. The topological polar surface area (TPSA) is 35.5 Å². The zero-order chi connectivity index (χ0) is 9.78. The van der Waals surface area contributed by atoms with Crippen LogP contribution in [0.1, 0.15) is 6.92 Å². The van der Waals surface area contributed by atoms with Gasteiger partial charge in [0.2, 0.25) is 6.10 Å². The lowest BCUT2D eigenvalue weighted by molar-refractivity contribution is -0.341. The number of carbonyl (C=O) groups is 1. The molecular formula is C6H7F3O3. The molecule has 12 heavy (non-hydrogen) atoms. The fourth-order valence-electron chi connectivity index (χ4n) is 0.347. The number of carbonyl (C=O) groups excluding carboxylic acids is 1. The van der Waals surface area contributed by atoms with Gasteiger partial charge in [0, 0.05) is 6.92 Å². The summed E-state index contributed by atoms with van der Waals surface area (Å²) >= 11 is 0. The van der Waals surface area contributed by atoms with E-state index in [1.54, 1.807) is 0 Å². The summed E-state index contributed by atoms with van der Waals surface area (Å²) < 4.78 is 35.3. The van der Waals surface area contributed by atoms with Gasteiger partial charge in [0.15, 0.2) is 0 Å². The van der Waals surface area contributed by atoms with Crippen molar-refractivity contribution in [3.8, 4) is 0 Å². The molecule has 0 fully saturated rings. The largest absolute Gasteiger partial charge is 0.422 e. The van der Waals surface area contributed by atoms with Crippen LogP contribution in [0.15, 0.2) is 12.7 Å². The van der Waals surface area contributed by atoms with E-state index in [1.807, 2.05) is 0 Å². The molecule has 1 atom stereocenters. The third-order valence-electron chi connectivity index (χ3n) is 0.806. The van der Waals surface area contributed by atoms with E-state index >= 15 is 0 Å². The van der Waals surface area contributed by atoms with Gasteiger partial charge in [-0.1, -0.05) is 0 Å². The van der Waals surface area contributed by atoms with Crippen molar-refractivity contribution in [3.05, 3.63) is 12.7 Å². The van der Waals surface area contributed by atoms with Crippen molar-refractivity contribution >= 4 is 5.97 Å². The highest BCUT2D eigenvalue weighted by Gasteiger charge is 2.40. The minimum absolute atomic E-state index is 0.489. The van der Waals surface area contributed by atoms with Crippen LogP contribution in [0.2, 0.25) is 0 Å². The lowest BCUT2D eigenvalue weighted by Gasteiger charge is -2.14. The first kappa shape index (κ1) is 11.0. The quantitative estimate of drug-likeness (QED) is 0.379. The van der Waals surface area contributed by atoms with Gasteiger partial charge in [0.1, 0.15) is 0 Å². The summed E-state index contributed by atoms with van der Waals surface area (Å²) in [4.78, 5) is 17.5. The second kappa shape index (κ2) is 4.10. The Morgan fingerprint density at radius 1 is 1.58 bits per heavy atom. The molecule has 0 aliphatic carbocycles. The lowest BCUT2D eigenvalue weighted by atomic mass is 10.3. The summed E-state index contributed by atoms with van der Waals surface area (Å²) in [7, 11) is 0. The molecule has 0 aromatic heterocycles. The molecule has 0 amide bonds. The Kier molecular flexibility index (Phi) is 3.75. The monoisotopic (exact) mass is 184 g/mol. The summed E-state index contributed by atoms with van der Waals surface area (Å²) in [5, 5.41) is 0. The first-order valence-electron chi connectivity index (χ1n) is 2.91. The van der Waals surface area contributed by atoms with Crippen molar-refractivity contribution in [1.29, 1.82) is 0 Å². The molecule has 0 bridgehead atoms. The third-order valence-corrected chi connectivity index (χ3v) is 0.806. The summed E-state index contributed by atoms with van der Waals surface area (Å²) in [6.07, 6.45) is -6.40. The first-order valence-corrected chi connectivity index (χ1v) is 2.91. The number of hydrogen-bond acceptors (Lipinski definition) is 3. The van der Waals surface area contributed by atoms with Crippen LogP contribution < -0.4 is 0 Å². The molecule has 70 valence electrons. The van der Waals surface area contributed by atoms with E-state index in [-0.39, 0.29) is 0 Å². The summed E-state index contributed by atoms with van der Waals surface area (Å²) in [6, 6.07) is 0. The van der Waals surface area contributed by atoms with Gasteiger partial charge < -0.3 is 0 Å². The molecule has 0 N–H and O–H groups in total. The molecule has 0 aliphatic heterocycles. The number of halogens is 3. The molecule has 0 rings (SSSR count). The van der Waals surface area contributed by atoms with Gasteiger partial charge in [-0.25, -0.2) is 4.79 Å². The van der Waals surface area contributed by atoms with Crippen molar-refractivity contribution in [3.63, 3.8) is 0 Å². The van der Waals surface area contributed by atoms with E-state index in [9.17, 15) is 18.0 Å². The molecule has 0 aliphatic rings. The van der Waals surface area contributed by atoms with E-state index < -0.39 is 18.2 Å². The minimum atomic E-state index is -4.61. The van der Waals surface area contributed by atoms with Crippen LogP contribution in [-0.4, -0.2) is 18.2 Å². The van der Waals surface area contributed by atoms with Crippen molar-refractivity contribution in [2.75, 3.05) is 0 Å². The molecule has 0 saturated carbocycles. The Labute approximate surface area is 66.7 Å². The average Bonchev–Trinajstić information content (AvgIpc) is 1.85. The van der Waals surface area contributed by atoms with Crippen molar-refractivity contribution in [1.82, 2.24) is 0 Å². The first-order chi connectivity index (χ1) is 5.38. The number of rotatable bonds is 3. The molecule has 0 radical (unpaired) electrons. The van der Waals surface area contributed by atoms with Crippen LogP contribution >= 0.6 is 0 Å². The van der Waals surface area contributed by atoms with Crippen molar-refractivity contribution < 1.29 is 27.7 Å². The fraction of sp³-hybridized carbons (Fsp3) is 0.500. The van der Waals surface area contributed by atoms with Gasteiger partial charge in [0.05, 0.1) is 0 Å². The maximum absolute atomic E-state index is 11.8. The Bertz CT molecular complexity index is 175. The third kappa shape index (κ3) is 3.97. The predicted molar refractivity (Wildman–Crippen MR) is 32.9 cm³/mol. The molecule has 0 spiro atoms. The minimum Gasteiger partial charge on any atom is -0.298 e. The normalized spacial score (nSPS) is 13.7. The molecule has 3 nitrogen and oxygen atoms in total. The highest BCUT2D eigenvalue weighted by Crippen LogP contribution is 2.23. The van der Waals surface area contributed by atoms with E-state index in [4.69, 9.17) is 0 Å². The molecule has 0 aromatic carbocycles. The van der Waals surface area contributed by atoms with Gasteiger partial charge in [-0.15, -0.1) is 6.58 Å². The molecule has 0 heterocycles. The van der Waals surface area contributed by atoms with Gasteiger partial charge in [0.25, 0.3) is 0 Å². The molecular weight excluding hydrogens is 177 g/mol. The summed E-state index contributed by atoms with van der Waals surface area (Å²) in [6.45, 7) is 3.80. The van der Waals surface area contributed by atoms with Gasteiger partial charge in [-0.2, -0.15) is 18.1 Å².